The summed E-state index contributed by atoms with van der Waals surface area (Å²) in [5.41, 5.74) is 3.44. The molecule has 0 saturated heterocycles. The van der Waals surface area contributed by atoms with Crippen molar-refractivity contribution in [2.24, 2.45) is 0 Å². The van der Waals surface area contributed by atoms with E-state index in [2.05, 4.69) is 21.4 Å². The Labute approximate surface area is 202 Å². The van der Waals surface area contributed by atoms with Gasteiger partial charge in [0.25, 0.3) is 0 Å². The minimum Gasteiger partial charge on any atom is -0.449 e. The highest BCUT2D eigenvalue weighted by atomic mass is 32.1. The number of amides is 2. The summed E-state index contributed by atoms with van der Waals surface area (Å²) < 4.78 is 5.45. The number of thiophene rings is 1. The Kier molecular flexibility index (Phi) is 7.50. The van der Waals surface area contributed by atoms with Crippen LogP contribution in [-0.4, -0.2) is 40.0 Å². The molecule has 8 nitrogen and oxygen atoms in total. The quantitative estimate of drug-likeness (QED) is 0.546. The van der Waals surface area contributed by atoms with Crippen LogP contribution in [0.15, 0.2) is 49.1 Å². The van der Waals surface area contributed by atoms with Gasteiger partial charge in [-0.05, 0) is 47.2 Å². The number of pyridine rings is 2. The first-order valence-electron chi connectivity index (χ1n) is 11.1. The van der Waals surface area contributed by atoms with Gasteiger partial charge in [-0.1, -0.05) is 13.0 Å². The predicted octanol–water partition coefficient (Wildman–Crippen LogP) is 4.28. The molecule has 2 amide bonds. The van der Waals surface area contributed by atoms with Crippen molar-refractivity contribution in [3.05, 3.63) is 76.2 Å². The molecule has 1 aliphatic heterocycles. The first kappa shape index (κ1) is 23.4. The molecule has 1 N–H and O–H groups in total. The molecule has 3 aromatic rings. The highest BCUT2D eigenvalue weighted by Crippen LogP contribution is 2.37. The maximum atomic E-state index is 12.7. The van der Waals surface area contributed by atoms with Gasteiger partial charge in [-0.25, -0.2) is 4.79 Å². The number of carbonyl (C=O) groups excluding carboxylic acids is 2. The van der Waals surface area contributed by atoms with E-state index in [1.165, 1.54) is 11.3 Å². The van der Waals surface area contributed by atoms with Crippen LogP contribution >= 0.6 is 11.3 Å². The number of aromatic nitrogens is 2. The number of anilines is 1. The number of fused-ring (bicyclic) bond motifs is 1. The molecular formula is C25H25N5O3S. The predicted molar refractivity (Wildman–Crippen MR) is 128 cm³/mol. The van der Waals surface area contributed by atoms with Crippen molar-refractivity contribution < 1.29 is 14.3 Å². The molecule has 4 rings (SSSR count). The summed E-state index contributed by atoms with van der Waals surface area (Å²) in [4.78, 5) is 35.8. The van der Waals surface area contributed by atoms with Gasteiger partial charge >= 0.3 is 6.09 Å². The number of nitrogens with one attached hydrogen (secondary N) is 1. The number of rotatable bonds is 7. The van der Waals surface area contributed by atoms with E-state index in [9.17, 15) is 14.9 Å². The second-order valence-corrected chi connectivity index (χ2v) is 9.26. The zero-order chi connectivity index (χ0) is 23.9. The van der Waals surface area contributed by atoms with Crippen molar-refractivity contribution >= 4 is 28.3 Å². The molecule has 3 aromatic heterocycles. The van der Waals surface area contributed by atoms with Gasteiger partial charge in [0, 0.05) is 49.1 Å². The number of carbonyl (C=O) groups is 2. The lowest BCUT2D eigenvalue weighted by Gasteiger charge is -2.26. The van der Waals surface area contributed by atoms with Gasteiger partial charge in [-0.2, -0.15) is 5.26 Å². The van der Waals surface area contributed by atoms with Crippen LogP contribution in [0.2, 0.25) is 0 Å². The standard InChI is InChI=1S/C25H25N5O3S/c1-17(19-3-2-8-28-15-19)13-23(31)29-24-21(14-26)20-6-11-30(16-22(20)34-24)25(32)33-12-7-18-4-9-27-10-5-18/h2-5,8-10,15,17H,6-7,11-13,16H2,1H3,(H,29,31). The van der Waals surface area contributed by atoms with Crippen molar-refractivity contribution in [3.63, 3.8) is 0 Å². The average Bonchev–Trinajstić information content (AvgIpc) is 3.20. The van der Waals surface area contributed by atoms with Gasteiger partial charge in [0.1, 0.15) is 11.1 Å². The largest absolute Gasteiger partial charge is 0.449 e. The molecule has 0 aliphatic carbocycles. The number of hydrogen-bond acceptors (Lipinski definition) is 7. The summed E-state index contributed by atoms with van der Waals surface area (Å²) in [6.07, 6.45) is 7.97. The number of nitriles is 1. The molecule has 0 radical (unpaired) electrons. The van der Waals surface area contributed by atoms with E-state index in [1.807, 2.05) is 31.2 Å². The highest BCUT2D eigenvalue weighted by Gasteiger charge is 2.28. The smallest absolute Gasteiger partial charge is 0.410 e. The lowest BCUT2D eigenvalue weighted by atomic mass is 9.99. The molecule has 0 aromatic carbocycles. The van der Waals surface area contributed by atoms with E-state index >= 15 is 0 Å². The third-order valence-electron chi connectivity index (χ3n) is 5.79. The minimum atomic E-state index is -0.373. The average molecular weight is 476 g/mol. The Morgan fingerprint density at radius 3 is 2.82 bits per heavy atom. The SMILES string of the molecule is CC(CC(=O)Nc1sc2c(c1C#N)CCN(C(=O)OCCc1ccncc1)C2)c1cccnc1. The molecular weight excluding hydrogens is 450 g/mol. The maximum absolute atomic E-state index is 12.7. The lowest BCUT2D eigenvalue weighted by Crippen LogP contribution is -2.36. The zero-order valence-corrected chi connectivity index (χ0v) is 19.7. The molecule has 0 saturated carbocycles. The van der Waals surface area contributed by atoms with Crippen molar-refractivity contribution in [1.29, 1.82) is 5.26 Å². The van der Waals surface area contributed by atoms with E-state index in [0.717, 1.165) is 21.6 Å². The van der Waals surface area contributed by atoms with E-state index in [4.69, 9.17) is 4.74 Å². The molecule has 174 valence electrons. The molecule has 4 heterocycles. The molecule has 34 heavy (non-hydrogen) atoms. The van der Waals surface area contributed by atoms with Crippen LogP contribution in [0.3, 0.4) is 0 Å². The molecule has 1 unspecified atom stereocenters. The second kappa shape index (κ2) is 10.9. The molecule has 0 bridgehead atoms. The van der Waals surface area contributed by atoms with Gasteiger partial charge in [-0.3, -0.25) is 14.8 Å². The molecule has 0 spiro atoms. The first-order valence-corrected chi connectivity index (χ1v) is 11.9. The van der Waals surface area contributed by atoms with Gasteiger partial charge in [0.15, 0.2) is 0 Å². The van der Waals surface area contributed by atoms with Crippen LogP contribution in [0.5, 0.6) is 0 Å². The van der Waals surface area contributed by atoms with E-state index in [1.54, 1.807) is 29.7 Å². The van der Waals surface area contributed by atoms with Gasteiger partial charge in [0.2, 0.25) is 5.91 Å². The molecule has 9 heteroatoms. The van der Waals surface area contributed by atoms with Crippen LogP contribution in [0.4, 0.5) is 9.80 Å². The Morgan fingerprint density at radius 2 is 2.09 bits per heavy atom. The summed E-state index contributed by atoms with van der Waals surface area (Å²) in [6, 6.07) is 9.81. The van der Waals surface area contributed by atoms with Gasteiger partial charge in [-0.15, -0.1) is 11.3 Å². The van der Waals surface area contributed by atoms with Gasteiger partial charge < -0.3 is 15.0 Å². The van der Waals surface area contributed by atoms with E-state index < -0.39 is 0 Å². The summed E-state index contributed by atoms with van der Waals surface area (Å²) in [6.45, 7) is 3.10. The fourth-order valence-electron chi connectivity index (χ4n) is 3.90. The zero-order valence-electron chi connectivity index (χ0n) is 18.9. The monoisotopic (exact) mass is 475 g/mol. The Morgan fingerprint density at radius 1 is 1.26 bits per heavy atom. The van der Waals surface area contributed by atoms with Crippen LogP contribution < -0.4 is 5.32 Å². The second-order valence-electron chi connectivity index (χ2n) is 8.15. The van der Waals surface area contributed by atoms with Crippen molar-refractivity contribution in [3.8, 4) is 6.07 Å². The van der Waals surface area contributed by atoms with Crippen molar-refractivity contribution in [2.75, 3.05) is 18.5 Å². The number of nitrogens with zero attached hydrogens (tertiary/aromatic N) is 4. The molecule has 0 fully saturated rings. The molecule has 1 aliphatic rings. The summed E-state index contributed by atoms with van der Waals surface area (Å²) in [7, 11) is 0. The summed E-state index contributed by atoms with van der Waals surface area (Å²) >= 11 is 1.36. The highest BCUT2D eigenvalue weighted by molar-refractivity contribution is 7.16. The van der Waals surface area contributed by atoms with Gasteiger partial charge in [0.05, 0.1) is 18.7 Å². The fourth-order valence-corrected chi connectivity index (χ4v) is 5.13. The molecule has 1 atom stereocenters. The normalized spacial score (nSPS) is 13.5. The lowest BCUT2D eigenvalue weighted by molar-refractivity contribution is -0.116. The fraction of sp³-hybridized carbons (Fsp3) is 0.320. The van der Waals surface area contributed by atoms with Crippen LogP contribution in [-0.2, 0) is 28.9 Å². The maximum Gasteiger partial charge on any atom is 0.410 e. The van der Waals surface area contributed by atoms with E-state index in [0.29, 0.717) is 36.5 Å². The summed E-state index contributed by atoms with van der Waals surface area (Å²) in [5, 5.41) is 13.2. The van der Waals surface area contributed by atoms with Crippen molar-refractivity contribution in [1.82, 2.24) is 14.9 Å². The Hall–Kier alpha value is -3.77. The Balaban J connectivity index is 1.35. The van der Waals surface area contributed by atoms with Crippen molar-refractivity contribution in [2.45, 2.75) is 38.6 Å². The van der Waals surface area contributed by atoms with Crippen LogP contribution in [0.25, 0.3) is 0 Å². The third-order valence-corrected chi connectivity index (χ3v) is 6.92. The number of ether oxygens (including phenoxy) is 1. The van der Waals surface area contributed by atoms with E-state index in [-0.39, 0.29) is 30.9 Å². The number of hydrogen-bond donors (Lipinski definition) is 1. The summed E-state index contributed by atoms with van der Waals surface area (Å²) in [5.74, 6) is -0.148. The topological polar surface area (TPSA) is 108 Å². The minimum absolute atomic E-state index is 0.00577. The third kappa shape index (κ3) is 5.58. The van der Waals surface area contributed by atoms with Crippen LogP contribution in [0.1, 0.15) is 46.4 Å². The first-order chi connectivity index (χ1) is 16.5. The van der Waals surface area contributed by atoms with Crippen LogP contribution in [0, 0.1) is 11.3 Å². The Bertz CT molecular complexity index is 1190.